The molecule has 0 amide bonds. The lowest BCUT2D eigenvalue weighted by Gasteiger charge is -2.08. The van der Waals surface area contributed by atoms with Gasteiger partial charge in [0.1, 0.15) is 5.02 Å². The highest BCUT2D eigenvalue weighted by Crippen LogP contribution is 2.24. The summed E-state index contributed by atoms with van der Waals surface area (Å²) in [5, 5.41) is 8.86. The summed E-state index contributed by atoms with van der Waals surface area (Å²) in [5.41, 5.74) is 6.44. The van der Waals surface area contributed by atoms with Crippen molar-refractivity contribution in [3.05, 3.63) is 22.8 Å². The van der Waals surface area contributed by atoms with Crippen LogP contribution in [0.3, 0.4) is 0 Å². The molecule has 0 aliphatic carbocycles. The molecule has 0 radical (unpaired) electrons. The standard InChI is InChI=1S/C9H10ClN3O/c1-14-9-7(10)4-6(5-13-9)8(12)2-3-11/h4-5,8H,2,12H2,1H3/t8-/m0/s1. The molecule has 0 spiro atoms. The second-order valence-corrected chi connectivity index (χ2v) is 3.14. The highest BCUT2D eigenvalue weighted by molar-refractivity contribution is 6.31. The number of rotatable bonds is 3. The second kappa shape index (κ2) is 4.80. The van der Waals surface area contributed by atoms with E-state index < -0.39 is 0 Å². The van der Waals surface area contributed by atoms with Gasteiger partial charge in [-0.1, -0.05) is 11.6 Å². The third-order valence-corrected chi connectivity index (χ3v) is 2.03. The SMILES string of the molecule is COc1ncc([C@@H](N)CC#N)cc1Cl. The maximum atomic E-state index is 8.46. The molecule has 1 aromatic rings. The van der Waals surface area contributed by atoms with E-state index in [0.717, 1.165) is 5.56 Å². The fraction of sp³-hybridized carbons (Fsp3) is 0.333. The number of aromatic nitrogens is 1. The number of hydrogen-bond donors (Lipinski definition) is 1. The molecule has 4 nitrogen and oxygen atoms in total. The van der Waals surface area contributed by atoms with Gasteiger partial charge in [0.05, 0.1) is 19.6 Å². The van der Waals surface area contributed by atoms with E-state index in [1.807, 2.05) is 6.07 Å². The average molecular weight is 212 g/mol. The van der Waals surface area contributed by atoms with Crippen LogP contribution in [0, 0.1) is 11.3 Å². The van der Waals surface area contributed by atoms with E-state index in [-0.39, 0.29) is 12.5 Å². The minimum atomic E-state index is -0.351. The lowest BCUT2D eigenvalue weighted by Crippen LogP contribution is -2.09. The van der Waals surface area contributed by atoms with Crippen molar-refractivity contribution in [2.24, 2.45) is 5.73 Å². The first kappa shape index (κ1) is 10.8. The monoisotopic (exact) mass is 211 g/mol. The van der Waals surface area contributed by atoms with Crippen molar-refractivity contribution in [1.29, 1.82) is 5.26 Å². The molecule has 0 aliphatic rings. The van der Waals surface area contributed by atoms with Gasteiger partial charge in [0, 0.05) is 12.2 Å². The Morgan fingerprint density at radius 2 is 2.50 bits per heavy atom. The fourth-order valence-corrected chi connectivity index (χ4v) is 1.26. The quantitative estimate of drug-likeness (QED) is 0.825. The molecule has 5 heteroatoms. The third kappa shape index (κ3) is 2.34. The van der Waals surface area contributed by atoms with Gasteiger partial charge in [0.15, 0.2) is 0 Å². The van der Waals surface area contributed by atoms with E-state index in [1.54, 1.807) is 12.3 Å². The lowest BCUT2D eigenvalue weighted by molar-refractivity contribution is 0.397. The predicted octanol–water partition coefficient (Wildman–Crippen LogP) is 1.66. The van der Waals surface area contributed by atoms with Crippen molar-refractivity contribution in [3.8, 4) is 11.9 Å². The minimum absolute atomic E-state index is 0.240. The smallest absolute Gasteiger partial charge is 0.232 e. The Bertz CT molecular complexity index is 362. The number of ether oxygens (including phenoxy) is 1. The highest BCUT2D eigenvalue weighted by Gasteiger charge is 2.09. The summed E-state index contributed by atoms with van der Waals surface area (Å²) in [6.07, 6.45) is 1.80. The summed E-state index contributed by atoms with van der Waals surface area (Å²) in [7, 11) is 1.49. The molecule has 0 aromatic carbocycles. The molecule has 14 heavy (non-hydrogen) atoms. The summed E-state index contributed by atoms with van der Waals surface area (Å²) in [5.74, 6) is 0.361. The number of nitriles is 1. The Morgan fingerprint density at radius 3 is 3.00 bits per heavy atom. The van der Waals surface area contributed by atoms with Crippen molar-refractivity contribution in [2.75, 3.05) is 7.11 Å². The van der Waals surface area contributed by atoms with Crippen molar-refractivity contribution < 1.29 is 4.74 Å². The van der Waals surface area contributed by atoms with Crippen molar-refractivity contribution >= 4 is 11.6 Å². The highest BCUT2D eigenvalue weighted by atomic mass is 35.5. The van der Waals surface area contributed by atoms with Crippen LogP contribution in [-0.4, -0.2) is 12.1 Å². The average Bonchev–Trinajstić information content (AvgIpc) is 2.18. The first-order valence-electron chi connectivity index (χ1n) is 4.01. The normalized spacial score (nSPS) is 11.9. The summed E-state index contributed by atoms with van der Waals surface area (Å²) >= 11 is 5.85. The second-order valence-electron chi connectivity index (χ2n) is 2.73. The van der Waals surface area contributed by atoms with Gasteiger partial charge in [0.2, 0.25) is 5.88 Å². The Morgan fingerprint density at radius 1 is 1.79 bits per heavy atom. The van der Waals surface area contributed by atoms with Gasteiger partial charge in [-0.2, -0.15) is 5.26 Å². The third-order valence-electron chi connectivity index (χ3n) is 1.76. The summed E-state index contributed by atoms with van der Waals surface area (Å²) in [6.45, 7) is 0. The molecule has 0 unspecified atom stereocenters. The lowest BCUT2D eigenvalue weighted by atomic mass is 10.1. The summed E-state index contributed by atoms with van der Waals surface area (Å²) in [4.78, 5) is 3.96. The number of methoxy groups -OCH3 is 1. The molecule has 0 saturated heterocycles. The summed E-state index contributed by atoms with van der Waals surface area (Å²) in [6, 6.07) is 3.30. The van der Waals surface area contributed by atoms with Crippen LogP contribution < -0.4 is 10.5 Å². The van der Waals surface area contributed by atoms with Crippen LogP contribution >= 0.6 is 11.6 Å². The molecule has 0 bridgehead atoms. The maximum absolute atomic E-state index is 8.46. The van der Waals surface area contributed by atoms with Gasteiger partial charge < -0.3 is 10.5 Å². The van der Waals surface area contributed by atoms with E-state index in [4.69, 9.17) is 27.3 Å². The van der Waals surface area contributed by atoms with Gasteiger partial charge in [-0.05, 0) is 11.6 Å². The van der Waals surface area contributed by atoms with E-state index in [9.17, 15) is 0 Å². The van der Waals surface area contributed by atoms with Crippen molar-refractivity contribution in [3.63, 3.8) is 0 Å². The number of pyridine rings is 1. The largest absolute Gasteiger partial charge is 0.480 e. The molecule has 1 rings (SSSR count). The molecule has 1 heterocycles. The molecule has 0 fully saturated rings. The van der Waals surface area contributed by atoms with Gasteiger partial charge in [0.25, 0.3) is 0 Å². The Hall–Kier alpha value is -1.31. The zero-order valence-corrected chi connectivity index (χ0v) is 8.45. The van der Waals surface area contributed by atoms with E-state index in [0.29, 0.717) is 10.9 Å². The van der Waals surface area contributed by atoms with Gasteiger partial charge in [-0.25, -0.2) is 4.98 Å². The first-order chi connectivity index (χ1) is 6.69. The fourth-order valence-electron chi connectivity index (χ4n) is 1.01. The van der Waals surface area contributed by atoms with E-state index >= 15 is 0 Å². The van der Waals surface area contributed by atoms with Crippen LogP contribution in [0.1, 0.15) is 18.0 Å². The van der Waals surface area contributed by atoms with Crippen LogP contribution in [0.4, 0.5) is 0 Å². The van der Waals surface area contributed by atoms with Crippen LogP contribution in [-0.2, 0) is 0 Å². The van der Waals surface area contributed by atoms with E-state index in [2.05, 4.69) is 4.98 Å². The molecule has 0 aliphatic heterocycles. The number of nitrogens with two attached hydrogens (primary N) is 1. The molecule has 1 atom stereocenters. The molecular weight excluding hydrogens is 202 g/mol. The zero-order chi connectivity index (χ0) is 10.6. The summed E-state index contributed by atoms with van der Waals surface area (Å²) < 4.78 is 4.89. The molecule has 74 valence electrons. The minimum Gasteiger partial charge on any atom is -0.480 e. The number of nitrogens with zero attached hydrogens (tertiary/aromatic N) is 2. The first-order valence-corrected chi connectivity index (χ1v) is 4.38. The molecule has 1 aromatic heterocycles. The molecular formula is C9H10ClN3O. The molecule has 0 saturated carbocycles. The van der Waals surface area contributed by atoms with Crippen molar-refractivity contribution in [1.82, 2.24) is 4.98 Å². The van der Waals surface area contributed by atoms with Crippen LogP contribution in [0.2, 0.25) is 5.02 Å². The predicted molar refractivity (Wildman–Crippen MR) is 53.0 cm³/mol. The number of halogens is 1. The Balaban J connectivity index is 2.92. The van der Waals surface area contributed by atoms with Gasteiger partial charge >= 0.3 is 0 Å². The molecule has 2 N–H and O–H groups in total. The Labute approximate surface area is 87.3 Å². The van der Waals surface area contributed by atoms with Gasteiger partial charge in [-0.3, -0.25) is 0 Å². The maximum Gasteiger partial charge on any atom is 0.232 e. The van der Waals surface area contributed by atoms with Crippen molar-refractivity contribution in [2.45, 2.75) is 12.5 Å². The van der Waals surface area contributed by atoms with Crippen LogP contribution in [0.5, 0.6) is 5.88 Å². The zero-order valence-electron chi connectivity index (χ0n) is 7.70. The number of hydrogen-bond acceptors (Lipinski definition) is 4. The Kier molecular flexibility index (Phi) is 3.69. The van der Waals surface area contributed by atoms with E-state index in [1.165, 1.54) is 7.11 Å². The van der Waals surface area contributed by atoms with Crippen LogP contribution in [0.15, 0.2) is 12.3 Å². The topological polar surface area (TPSA) is 71.9 Å². The van der Waals surface area contributed by atoms with Gasteiger partial charge in [-0.15, -0.1) is 0 Å². The van der Waals surface area contributed by atoms with Crippen LogP contribution in [0.25, 0.3) is 0 Å².